The molecule has 4 N–H and O–H groups in total. The first-order valence-corrected chi connectivity index (χ1v) is 5.77. The minimum atomic E-state index is -0.454. The van der Waals surface area contributed by atoms with Crippen LogP contribution in [0.15, 0.2) is 24.3 Å². The van der Waals surface area contributed by atoms with Crippen LogP contribution in [0, 0.1) is 0 Å². The highest BCUT2D eigenvalue weighted by Crippen LogP contribution is 2.16. The monoisotopic (exact) mass is 222 g/mol. The number of nitrogens with two attached hydrogens (primary N) is 1. The summed E-state index contributed by atoms with van der Waals surface area (Å²) in [5.41, 5.74) is 7.78. The maximum Gasteiger partial charge on any atom is 0.0914 e. The van der Waals surface area contributed by atoms with E-state index in [9.17, 15) is 5.11 Å². The Balaban J connectivity index is 2.59. The van der Waals surface area contributed by atoms with Gasteiger partial charge in [0.15, 0.2) is 0 Å². The Morgan fingerprint density at radius 1 is 1.12 bits per heavy atom. The van der Waals surface area contributed by atoms with Gasteiger partial charge in [0.05, 0.1) is 6.10 Å². The fourth-order valence-corrected chi connectivity index (χ4v) is 1.49. The van der Waals surface area contributed by atoms with E-state index in [1.807, 2.05) is 31.2 Å². The van der Waals surface area contributed by atoms with Gasteiger partial charge in [-0.3, -0.25) is 0 Å². The third-order valence-electron chi connectivity index (χ3n) is 2.57. The number of hydrogen-bond acceptors (Lipinski definition) is 3. The van der Waals surface area contributed by atoms with Crippen LogP contribution in [-0.2, 0) is 0 Å². The Kier molecular flexibility index (Phi) is 4.93. The van der Waals surface area contributed by atoms with Gasteiger partial charge in [-0.1, -0.05) is 38.1 Å². The van der Waals surface area contributed by atoms with Crippen molar-refractivity contribution in [3.8, 4) is 0 Å². The van der Waals surface area contributed by atoms with E-state index in [0.717, 1.165) is 11.1 Å². The van der Waals surface area contributed by atoms with Crippen LogP contribution >= 0.6 is 0 Å². The zero-order chi connectivity index (χ0) is 12.1. The molecule has 0 amide bonds. The van der Waals surface area contributed by atoms with Crippen molar-refractivity contribution in [2.45, 2.75) is 39.0 Å². The Hall–Kier alpha value is -0.900. The van der Waals surface area contributed by atoms with Crippen LogP contribution in [0.1, 0.15) is 44.0 Å². The molecule has 1 rings (SSSR count). The highest BCUT2D eigenvalue weighted by atomic mass is 16.3. The molecule has 90 valence electrons. The minimum absolute atomic E-state index is 0.0416. The van der Waals surface area contributed by atoms with Gasteiger partial charge < -0.3 is 16.2 Å². The van der Waals surface area contributed by atoms with Gasteiger partial charge in [-0.25, -0.2) is 0 Å². The van der Waals surface area contributed by atoms with Crippen molar-refractivity contribution in [2.24, 2.45) is 5.73 Å². The van der Waals surface area contributed by atoms with E-state index in [2.05, 4.69) is 19.2 Å². The van der Waals surface area contributed by atoms with Crippen molar-refractivity contribution in [1.29, 1.82) is 0 Å². The summed E-state index contributed by atoms with van der Waals surface area (Å²) in [6.45, 7) is 6.65. The molecule has 0 aliphatic rings. The van der Waals surface area contributed by atoms with E-state index < -0.39 is 6.10 Å². The van der Waals surface area contributed by atoms with Gasteiger partial charge in [-0.15, -0.1) is 0 Å². The molecule has 0 aliphatic carbocycles. The van der Waals surface area contributed by atoms with Crippen molar-refractivity contribution in [3.63, 3.8) is 0 Å². The van der Waals surface area contributed by atoms with E-state index in [1.54, 1.807) is 0 Å². The van der Waals surface area contributed by atoms with Gasteiger partial charge in [0.25, 0.3) is 0 Å². The molecule has 2 atom stereocenters. The summed E-state index contributed by atoms with van der Waals surface area (Å²) in [4.78, 5) is 0. The molecule has 3 heteroatoms. The zero-order valence-corrected chi connectivity index (χ0v) is 10.3. The van der Waals surface area contributed by atoms with Crippen LogP contribution in [-0.4, -0.2) is 17.7 Å². The van der Waals surface area contributed by atoms with Crippen LogP contribution in [0.3, 0.4) is 0 Å². The molecule has 0 spiro atoms. The quantitative estimate of drug-likeness (QED) is 0.711. The van der Waals surface area contributed by atoms with Gasteiger partial charge in [0.1, 0.15) is 0 Å². The SMILES string of the molecule is CC(C)NC[C@@H](O)c1ccc([C@H](C)N)cc1. The Bertz CT molecular complexity index is 306. The maximum atomic E-state index is 9.91. The van der Waals surface area contributed by atoms with Crippen LogP contribution < -0.4 is 11.1 Å². The molecular weight excluding hydrogens is 200 g/mol. The molecule has 0 saturated heterocycles. The highest BCUT2D eigenvalue weighted by molar-refractivity contribution is 5.26. The van der Waals surface area contributed by atoms with E-state index in [4.69, 9.17) is 5.73 Å². The van der Waals surface area contributed by atoms with Gasteiger partial charge in [-0.2, -0.15) is 0 Å². The average molecular weight is 222 g/mol. The zero-order valence-electron chi connectivity index (χ0n) is 10.3. The molecule has 1 aromatic rings. The molecule has 0 heterocycles. The lowest BCUT2D eigenvalue weighted by Crippen LogP contribution is -2.27. The summed E-state index contributed by atoms with van der Waals surface area (Å²) in [5.74, 6) is 0. The lowest BCUT2D eigenvalue weighted by molar-refractivity contribution is 0.171. The van der Waals surface area contributed by atoms with Crippen molar-refractivity contribution >= 4 is 0 Å². The predicted molar refractivity (Wildman–Crippen MR) is 67.1 cm³/mol. The van der Waals surface area contributed by atoms with E-state index in [0.29, 0.717) is 12.6 Å². The fraction of sp³-hybridized carbons (Fsp3) is 0.538. The summed E-state index contributed by atoms with van der Waals surface area (Å²) < 4.78 is 0. The number of rotatable bonds is 5. The van der Waals surface area contributed by atoms with Crippen LogP contribution in [0.4, 0.5) is 0 Å². The van der Waals surface area contributed by atoms with Crippen LogP contribution in [0.25, 0.3) is 0 Å². The average Bonchev–Trinajstić information content (AvgIpc) is 2.26. The number of aliphatic hydroxyl groups is 1. The predicted octanol–water partition coefficient (Wildman–Crippen LogP) is 1.74. The Morgan fingerprint density at radius 2 is 1.62 bits per heavy atom. The molecule has 0 saturated carbocycles. The summed E-state index contributed by atoms with van der Waals surface area (Å²) >= 11 is 0. The first-order chi connectivity index (χ1) is 7.50. The van der Waals surface area contributed by atoms with Gasteiger partial charge in [0, 0.05) is 18.6 Å². The van der Waals surface area contributed by atoms with Crippen molar-refractivity contribution < 1.29 is 5.11 Å². The topological polar surface area (TPSA) is 58.3 Å². The number of benzene rings is 1. The first kappa shape index (κ1) is 13.2. The fourth-order valence-electron chi connectivity index (χ4n) is 1.49. The van der Waals surface area contributed by atoms with Gasteiger partial charge >= 0.3 is 0 Å². The molecule has 16 heavy (non-hydrogen) atoms. The molecule has 0 radical (unpaired) electrons. The first-order valence-electron chi connectivity index (χ1n) is 5.77. The molecule has 0 unspecified atom stereocenters. The molecule has 0 aliphatic heterocycles. The summed E-state index contributed by atoms with van der Waals surface area (Å²) in [6, 6.07) is 8.24. The molecule has 0 bridgehead atoms. The maximum absolute atomic E-state index is 9.91. The summed E-state index contributed by atoms with van der Waals surface area (Å²) in [5, 5.41) is 13.1. The van der Waals surface area contributed by atoms with Crippen LogP contribution in [0.2, 0.25) is 0 Å². The van der Waals surface area contributed by atoms with Crippen molar-refractivity contribution in [3.05, 3.63) is 35.4 Å². The van der Waals surface area contributed by atoms with Gasteiger partial charge in [-0.05, 0) is 18.1 Å². The second-order valence-corrected chi connectivity index (χ2v) is 4.53. The lowest BCUT2D eigenvalue weighted by Gasteiger charge is -2.15. The van der Waals surface area contributed by atoms with Gasteiger partial charge in [0.2, 0.25) is 0 Å². The molecule has 0 aromatic heterocycles. The standard InChI is InChI=1S/C13H22N2O/c1-9(2)15-8-13(16)12-6-4-11(5-7-12)10(3)14/h4-7,9-10,13,15-16H,8,14H2,1-3H3/t10-,13+/m0/s1. The Labute approximate surface area is 97.7 Å². The molecule has 3 nitrogen and oxygen atoms in total. The van der Waals surface area contributed by atoms with Crippen LogP contribution in [0.5, 0.6) is 0 Å². The third-order valence-corrected chi connectivity index (χ3v) is 2.57. The molecular formula is C13H22N2O. The number of nitrogens with one attached hydrogen (secondary N) is 1. The van der Waals surface area contributed by atoms with E-state index in [-0.39, 0.29) is 6.04 Å². The second kappa shape index (κ2) is 5.99. The van der Waals surface area contributed by atoms with Crippen molar-refractivity contribution in [1.82, 2.24) is 5.32 Å². The third kappa shape index (κ3) is 3.93. The normalized spacial score (nSPS) is 15.1. The summed E-state index contributed by atoms with van der Waals surface area (Å²) in [7, 11) is 0. The lowest BCUT2D eigenvalue weighted by atomic mass is 10.0. The second-order valence-electron chi connectivity index (χ2n) is 4.53. The van der Waals surface area contributed by atoms with E-state index in [1.165, 1.54) is 0 Å². The Morgan fingerprint density at radius 3 is 2.06 bits per heavy atom. The number of aliphatic hydroxyl groups excluding tert-OH is 1. The largest absolute Gasteiger partial charge is 0.387 e. The highest BCUT2D eigenvalue weighted by Gasteiger charge is 2.08. The minimum Gasteiger partial charge on any atom is -0.387 e. The summed E-state index contributed by atoms with van der Waals surface area (Å²) in [6.07, 6.45) is -0.454. The smallest absolute Gasteiger partial charge is 0.0914 e. The van der Waals surface area contributed by atoms with Crippen molar-refractivity contribution in [2.75, 3.05) is 6.54 Å². The molecule has 1 aromatic carbocycles. The number of hydrogen-bond donors (Lipinski definition) is 3. The molecule has 0 fully saturated rings. The van der Waals surface area contributed by atoms with E-state index >= 15 is 0 Å².